The van der Waals surface area contributed by atoms with Gasteiger partial charge in [-0.25, -0.2) is 4.98 Å². The lowest BCUT2D eigenvalue weighted by Crippen LogP contribution is -2.25. The predicted molar refractivity (Wildman–Crippen MR) is 97.5 cm³/mol. The number of carbonyl (C=O) groups is 2. The molecular formula is C18H17N5O4. The number of aliphatic carboxylic acids is 1. The molecule has 0 bridgehead atoms. The highest BCUT2D eigenvalue weighted by atomic mass is 16.5. The zero-order chi connectivity index (χ0) is 19.0. The fourth-order valence-electron chi connectivity index (χ4n) is 3.05. The summed E-state index contributed by atoms with van der Waals surface area (Å²) >= 11 is 0. The zero-order valence-corrected chi connectivity index (χ0v) is 14.3. The first-order valence-corrected chi connectivity index (χ1v) is 8.42. The van der Waals surface area contributed by atoms with Gasteiger partial charge in [0, 0.05) is 29.2 Å². The van der Waals surface area contributed by atoms with Crippen molar-refractivity contribution >= 4 is 28.6 Å². The van der Waals surface area contributed by atoms with E-state index in [1.54, 1.807) is 0 Å². The Labute approximate surface area is 153 Å². The van der Waals surface area contributed by atoms with Crippen LogP contribution >= 0.6 is 0 Å². The van der Waals surface area contributed by atoms with Crippen molar-refractivity contribution in [2.45, 2.75) is 13.0 Å². The largest absolute Gasteiger partial charge is 0.481 e. The number of carboxylic acids is 1. The SMILES string of the molecule is Nc1nc(-c2ccc3c(ccn3CCC(=O)O)c2)nc2c1C(=O)NCCO2. The molecule has 3 aromatic rings. The summed E-state index contributed by atoms with van der Waals surface area (Å²) in [6.07, 6.45) is 1.90. The van der Waals surface area contributed by atoms with Gasteiger partial charge in [-0.05, 0) is 24.3 Å². The molecule has 0 radical (unpaired) electrons. The molecule has 9 nitrogen and oxygen atoms in total. The van der Waals surface area contributed by atoms with Crippen molar-refractivity contribution in [3.63, 3.8) is 0 Å². The lowest BCUT2D eigenvalue weighted by molar-refractivity contribution is -0.137. The van der Waals surface area contributed by atoms with Crippen LogP contribution in [0.15, 0.2) is 30.5 Å². The standard InChI is InChI=1S/C18H17N5O4/c19-15-14-17(26)20-5-8-27-18(14)22-16(21-15)11-1-2-12-10(9-11)3-6-23(12)7-4-13(24)25/h1-3,6,9H,4-5,7-8H2,(H,20,26)(H,24,25)(H2,19,21,22). The summed E-state index contributed by atoms with van der Waals surface area (Å²) in [6.45, 7) is 1.07. The molecule has 27 heavy (non-hydrogen) atoms. The summed E-state index contributed by atoms with van der Waals surface area (Å²) in [5, 5.41) is 12.5. The van der Waals surface area contributed by atoms with Crippen LogP contribution in [0.25, 0.3) is 22.3 Å². The average Bonchev–Trinajstić information content (AvgIpc) is 2.95. The van der Waals surface area contributed by atoms with Gasteiger partial charge in [-0.3, -0.25) is 9.59 Å². The van der Waals surface area contributed by atoms with Gasteiger partial charge < -0.3 is 25.5 Å². The Balaban J connectivity index is 1.72. The lowest BCUT2D eigenvalue weighted by atomic mass is 10.1. The maximum absolute atomic E-state index is 12.1. The Bertz CT molecular complexity index is 1060. The second-order valence-corrected chi connectivity index (χ2v) is 6.14. The molecule has 0 spiro atoms. The van der Waals surface area contributed by atoms with Crippen LogP contribution < -0.4 is 15.8 Å². The Kier molecular flexibility index (Phi) is 4.11. The third-order valence-corrected chi connectivity index (χ3v) is 4.35. The second kappa shape index (κ2) is 6.60. The van der Waals surface area contributed by atoms with Gasteiger partial charge in [0.15, 0.2) is 5.82 Å². The van der Waals surface area contributed by atoms with Crippen LogP contribution in [0.5, 0.6) is 5.88 Å². The van der Waals surface area contributed by atoms with E-state index in [1.807, 2.05) is 35.0 Å². The Hall–Kier alpha value is -3.62. The van der Waals surface area contributed by atoms with E-state index in [0.717, 1.165) is 16.5 Å². The van der Waals surface area contributed by atoms with Crippen LogP contribution in [0.4, 0.5) is 5.82 Å². The Morgan fingerprint density at radius 3 is 3.00 bits per heavy atom. The fourth-order valence-corrected chi connectivity index (χ4v) is 3.05. The number of benzene rings is 1. The monoisotopic (exact) mass is 367 g/mol. The number of carbonyl (C=O) groups excluding carboxylic acids is 1. The van der Waals surface area contributed by atoms with E-state index in [-0.39, 0.29) is 29.6 Å². The number of carboxylic acid groups (broad SMARTS) is 1. The number of hydrogen-bond acceptors (Lipinski definition) is 6. The van der Waals surface area contributed by atoms with Crippen molar-refractivity contribution in [1.29, 1.82) is 0 Å². The first-order chi connectivity index (χ1) is 13.0. The number of hydrogen-bond donors (Lipinski definition) is 3. The van der Waals surface area contributed by atoms with Crippen molar-refractivity contribution < 1.29 is 19.4 Å². The quantitative estimate of drug-likeness (QED) is 0.632. The topological polar surface area (TPSA) is 132 Å². The maximum atomic E-state index is 12.1. The third kappa shape index (κ3) is 3.14. The fraction of sp³-hybridized carbons (Fsp3) is 0.222. The summed E-state index contributed by atoms with van der Waals surface area (Å²) in [4.78, 5) is 31.5. The van der Waals surface area contributed by atoms with Gasteiger partial charge >= 0.3 is 5.97 Å². The molecule has 1 aromatic carbocycles. The number of rotatable bonds is 4. The number of aryl methyl sites for hydroxylation is 1. The number of amides is 1. The summed E-state index contributed by atoms with van der Waals surface area (Å²) in [7, 11) is 0. The maximum Gasteiger partial charge on any atom is 0.305 e. The highest BCUT2D eigenvalue weighted by Crippen LogP contribution is 2.29. The van der Waals surface area contributed by atoms with Crippen molar-refractivity contribution in [3.05, 3.63) is 36.0 Å². The number of nitrogens with zero attached hydrogens (tertiary/aromatic N) is 3. The molecule has 2 aromatic heterocycles. The number of nitrogens with two attached hydrogens (primary N) is 1. The Morgan fingerprint density at radius 2 is 2.19 bits per heavy atom. The van der Waals surface area contributed by atoms with Crippen LogP contribution in [-0.2, 0) is 11.3 Å². The molecule has 1 aliphatic heterocycles. The number of aromatic nitrogens is 3. The molecule has 4 N–H and O–H groups in total. The summed E-state index contributed by atoms with van der Waals surface area (Å²) in [6, 6.07) is 7.50. The molecule has 0 atom stereocenters. The smallest absolute Gasteiger partial charge is 0.305 e. The predicted octanol–water partition coefficient (Wildman–Crippen LogP) is 1.28. The molecule has 3 heterocycles. The number of nitrogen functional groups attached to an aromatic ring is 1. The van der Waals surface area contributed by atoms with E-state index < -0.39 is 5.97 Å². The zero-order valence-electron chi connectivity index (χ0n) is 14.3. The molecule has 0 saturated heterocycles. The molecular weight excluding hydrogens is 350 g/mol. The van der Waals surface area contributed by atoms with Gasteiger partial charge in [0.1, 0.15) is 18.0 Å². The van der Waals surface area contributed by atoms with Crippen molar-refractivity contribution in [2.24, 2.45) is 0 Å². The van der Waals surface area contributed by atoms with Gasteiger partial charge in [-0.1, -0.05) is 0 Å². The van der Waals surface area contributed by atoms with Crippen molar-refractivity contribution in [1.82, 2.24) is 19.9 Å². The highest BCUT2D eigenvalue weighted by Gasteiger charge is 2.23. The van der Waals surface area contributed by atoms with Gasteiger partial charge in [-0.15, -0.1) is 0 Å². The van der Waals surface area contributed by atoms with Crippen LogP contribution in [0.3, 0.4) is 0 Å². The number of anilines is 1. The van der Waals surface area contributed by atoms with Crippen LogP contribution in [0.2, 0.25) is 0 Å². The summed E-state index contributed by atoms with van der Waals surface area (Å²) < 4.78 is 7.42. The Morgan fingerprint density at radius 1 is 1.33 bits per heavy atom. The molecule has 0 saturated carbocycles. The van der Waals surface area contributed by atoms with Gasteiger partial charge in [0.2, 0.25) is 5.88 Å². The molecule has 1 aliphatic rings. The second-order valence-electron chi connectivity index (χ2n) is 6.14. The minimum Gasteiger partial charge on any atom is -0.481 e. The van der Waals surface area contributed by atoms with Crippen LogP contribution in [-0.4, -0.2) is 44.7 Å². The van der Waals surface area contributed by atoms with Crippen molar-refractivity contribution in [2.75, 3.05) is 18.9 Å². The van der Waals surface area contributed by atoms with E-state index in [9.17, 15) is 9.59 Å². The van der Waals surface area contributed by atoms with Crippen molar-refractivity contribution in [3.8, 4) is 17.3 Å². The van der Waals surface area contributed by atoms with Gasteiger partial charge in [-0.2, -0.15) is 4.98 Å². The first-order valence-electron chi connectivity index (χ1n) is 8.42. The third-order valence-electron chi connectivity index (χ3n) is 4.35. The highest BCUT2D eigenvalue weighted by molar-refractivity contribution is 6.01. The summed E-state index contributed by atoms with van der Waals surface area (Å²) in [5.41, 5.74) is 7.76. The van der Waals surface area contributed by atoms with Gasteiger partial charge in [0.05, 0.1) is 13.0 Å². The molecule has 0 unspecified atom stereocenters. The molecule has 0 fully saturated rings. The van der Waals surface area contributed by atoms with E-state index in [0.29, 0.717) is 25.5 Å². The van der Waals surface area contributed by atoms with Gasteiger partial charge in [0.25, 0.3) is 5.91 Å². The number of nitrogens with one attached hydrogen (secondary N) is 1. The molecule has 4 rings (SSSR count). The van der Waals surface area contributed by atoms with Crippen LogP contribution in [0, 0.1) is 0 Å². The molecule has 0 aliphatic carbocycles. The average molecular weight is 367 g/mol. The minimum atomic E-state index is -0.841. The molecule has 9 heteroatoms. The lowest BCUT2D eigenvalue weighted by Gasteiger charge is -2.10. The van der Waals surface area contributed by atoms with E-state index >= 15 is 0 Å². The number of ether oxygens (including phenoxy) is 1. The molecule has 138 valence electrons. The number of fused-ring (bicyclic) bond motifs is 2. The van der Waals surface area contributed by atoms with E-state index in [2.05, 4.69) is 15.3 Å². The first kappa shape index (κ1) is 16.8. The minimum absolute atomic E-state index is 0.0510. The van der Waals surface area contributed by atoms with Crippen LogP contribution in [0.1, 0.15) is 16.8 Å². The van der Waals surface area contributed by atoms with E-state index in [1.165, 1.54) is 0 Å². The summed E-state index contributed by atoms with van der Waals surface area (Å²) in [5.74, 6) is -0.592. The molecule has 1 amide bonds. The van der Waals surface area contributed by atoms with E-state index in [4.69, 9.17) is 15.6 Å². The normalized spacial score (nSPS) is 13.6.